The van der Waals surface area contributed by atoms with Crippen molar-refractivity contribution < 1.29 is 47.7 Å². The molecule has 4 rings (SSSR count). The van der Waals surface area contributed by atoms with Crippen LogP contribution in [0.2, 0.25) is 0 Å². The quantitative estimate of drug-likeness (QED) is 0.0819. The Morgan fingerprint density at radius 2 is 1.38 bits per heavy atom. The van der Waals surface area contributed by atoms with Crippen molar-refractivity contribution in [2.75, 3.05) is 11.4 Å². The summed E-state index contributed by atoms with van der Waals surface area (Å²) in [6.45, 7) is 20.5. The molecule has 0 bridgehead atoms. The van der Waals surface area contributed by atoms with Crippen LogP contribution in [0.1, 0.15) is 149 Å². The van der Waals surface area contributed by atoms with Gasteiger partial charge in [0.05, 0.1) is 28.9 Å². The van der Waals surface area contributed by atoms with E-state index in [9.17, 15) is 33.6 Å². The lowest BCUT2D eigenvalue weighted by atomic mass is 9.97. The van der Waals surface area contributed by atoms with Gasteiger partial charge in [-0.25, -0.2) is 14.6 Å². The summed E-state index contributed by atoms with van der Waals surface area (Å²) in [5.41, 5.74) is -0.254. The number of carbonyl (C=O) groups excluding carboxylic acids is 6. The molecule has 0 saturated carbocycles. The summed E-state index contributed by atoms with van der Waals surface area (Å²) in [6, 6.07) is 7.76. The first-order valence-electron chi connectivity index (χ1n) is 21.8. The molecule has 1 unspecified atom stereocenters. The summed E-state index contributed by atoms with van der Waals surface area (Å²) in [7, 11) is 0. The van der Waals surface area contributed by atoms with E-state index in [2.05, 4.69) is 26.5 Å². The summed E-state index contributed by atoms with van der Waals surface area (Å²) in [5.74, 6) is -0.702. The maximum absolute atomic E-state index is 13.7. The number of aryl methyl sites for hydroxylation is 1. The molecule has 0 radical (unpaired) electrons. The highest BCUT2D eigenvalue weighted by molar-refractivity contribution is 5.97. The summed E-state index contributed by atoms with van der Waals surface area (Å²) in [4.78, 5) is 101. The number of hydrogen-bond donors (Lipinski definition) is 3. The predicted molar refractivity (Wildman–Crippen MR) is 244 cm³/mol. The Kier molecular flexibility index (Phi) is 16.4. The molecular weight excluding hydrogens is 835 g/mol. The van der Waals surface area contributed by atoms with Crippen LogP contribution in [0.25, 0.3) is 10.9 Å². The van der Waals surface area contributed by atoms with Crippen LogP contribution in [0.5, 0.6) is 0 Å². The number of carbonyl (C=O) groups is 6. The van der Waals surface area contributed by atoms with Gasteiger partial charge in [0.1, 0.15) is 41.3 Å². The number of aromatic amines is 1. The average molecular weight is 900 g/mol. The first-order valence-corrected chi connectivity index (χ1v) is 21.8. The lowest BCUT2D eigenvalue weighted by Gasteiger charge is -2.30. The Balaban J connectivity index is 1.50. The van der Waals surface area contributed by atoms with E-state index in [1.807, 2.05) is 17.0 Å². The average Bonchev–Trinajstić information content (AvgIpc) is 3.58. The third-order valence-corrected chi connectivity index (χ3v) is 9.85. The van der Waals surface area contributed by atoms with Gasteiger partial charge in [0.2, 0.25) is 5.91 Å². The number of benzene rings is 2. The van der Waals surface area contributed by atoms with E-state index in [1.165, 1.54) is 0 Å². The predicted octanol–water partition coefficient (Wildman–Crippen LogP) is 6.31. The molecule has 0 aliphatic heterocycles. The zero-order chi connectivity index (χ0) is 48.7. The number of fused-ring (bicyclic) bond motifs is 2. The van der Waals surface area contributed by atoms with Crippen molar-refractivity contribution >= 4 is 52.3 Å². The molecule has 0 spiro atoms. The number of nitrogens with one attached hydrogen (secondary N) is 3. The smallest absolute Gasteiger partial charge is 0.329 e. The van der Waals surface area contributed by atoms with Crippen LogP contribution >= 0.6 is 0 Å². The molecule has 3 aromatic rings. The van der Waals surface area contributed by atoms with Crippen molar-refractivity contribution in [3.8, 4) is 12.3 Å². The topological polar surface area (TPSA) is 212 Å². The SMILES string of the molecule is C#CCN(c1ccc(C(=O)N[C@@H](CCC(=O)N[C@H](CCC(=O)OC(C)(C)C)C(=O)OC(C)(C)C)C(=O)OC(C)(C)C)cc1)C1CCc2cc3nc(COC(=O)C(C)(C)C)[nH]c(=O)c3cc21. The molecule has 1 aliphatic carbocycles. The maximum Gasteiger partial charge on any atom is 0.329 e. The van der Waals surface area contributed by atoms with Gasteiger partial charge in [-0.3, -0.25) is 24.0 Å². The Morgan fingerprint density at radius 3 is 1.94 bits per heavy atom. The molecule has 65 heavy (non-hydrogen) atoms. The second kappa shape index (κ2) is 20.7. The van der Waals surface area contributed by atoms with E-state index in [4.69, 9.17) is 25.4 Å². The highest BCUT2D eigenvalue weighted by Gasteiger charge is 2.33. The van der Waals surface area contributed by atoms with Crippen LogP contribution in [-0.4, -0.2) is 81.1 Å². The van der Waals surface area contributed by atoms with Gasteiger partial charge in [-0.05, 0) is 156 Å². The van der Waals surface area contributed by atoms with Crippen molar-refractivity contribution in [1.29, 1.82) is 0 Å². The highest BCUT2D eigenvalue weighted by Crippen LogP contribution is 2.39. The zero-order valence-corrected chi connectivity index (χ0v) is 39.8. The largest absolute Gasteiger partial charge is 0.460 e. The summed E-state index contributed by atoms with van der Waals surface area (Å²) < 4.78 is 21.8. The Hall–Kier alpha value is -6.24. The van der Waals surface area contributed by atoms with E-state index in [1.54, 1.807) is 107 Å². The maximum atomic E-state index is 13.7. The lowest BCUT2D eigenvalue weighted by molar-refractivity contribution is -0.161. The molecule has 3 N–H and O–H groups in total. The van der Waals surface area contributed by atoms with Crippen molar-refractivity contribution in [1.82, 2.24) is 20.6 Å². The van der Waals surface area contributed by atoms with Crippen LogP contribution in [0.15, 0.2) is 41.2 Å². The van der Waals surface area contributed by atoms with Gasteiger partial charge in [0.15, 0.2) is 0 Å². The number of nitrogens with zero attached hydrogens (tertiary/aromatic N) is 2. The number of aromatic nitrogens is 2. The van der Waals surface area contributed by atoms with Crippen molar-refractivity contribution in [3.63, 3.8) is 0 Å². The van der Waals surface area contributed by atoms with E-state index < -0.39 is 70.0 Å². The number of esters is 4. The number of rotatable bonds is 16. The summed E-state index contributed by atoms with van der Waals surface area (Å²) in [5, 5.41) is 5.72. The molecule has 352 valence electrons. The molecule has 0 saturated heterocycles. The third kappa shape index (κ3) is 15.5. The number of amides is 2. The number of hydrogen-bond acceptors (Lipinski definition) is 13. The van der Waals surface area contributed by atoms with Crippen molar-refractivity contribution in [3.05, 3.63) is 69.3 Å². The van der Waals surface area contributed by atoms with Gasteiger partial charge < -0.3 is 39.5 Å². The number of terminal acetylenes is 1. The minimum atomic E-state index is -1.25. The van der Waals surface area contributed by atoms with Crippen LogP contribution in [-0.2, 0) is 55.9 Å². The van der Waals surface area contributed by atoms with Gasteiger partial charge in [0, 0.05) is 24.1 Å². The van der Waals surface area contributed by atoms with Gasteiger partial charge in [-0.15, -0.1) is 6.42 Å². The highest BCUT2D eigenvalue weighted by atomic mass is 16.6. The van der Waals surface area contributed by atoms with E-state index in [0.717, 1.165) is 11.1 Å². The molecular formula is C49H65N5O11. The number of anilines is 1. The zero-order valence-electron chi connectivity index (χ0n) is 39.8. The number of H-pyrrole nitrogens is 1. The van der Waals surface area contributed by atoms with E-state index >= 15 is 0 Å². The van der Waals surface area contributed by atoms with E-state index in [0.29, 0.717) is 29.4 Å². The minimum Gasteiger partial charge on any atom is -0.460 e. The summed E-state index contributed by atoms with van der Waals surface area (Å²) >= 11 is 0. The van der Waals surface area contributed by atoms with Gasteiger partial charge in [-0.2, -0.15) is 0 Å². The molecule has 16 heteroatoms. The molecule has 0 fully saturated rings. The standard InChI is InChI=1S/C49H65N5O11/c1-14-25-54(37-22-17-30-26-36-33(27-32(30)37)42(58)53-38(50-36)28-62-45(61)46(2,3)4)31-18-15-29(16-19-31)41(57)52-35(44(60)65-49(11,12)13)20-23-39(55)51-34(43(59)64-48(8,9)10)21-24-40(56)63-47(5,6)7/h1,15-16,18-19,26-27,34-35,37H,17,20-25,28H2,2-13H3,(H,51,55)(H,52,57)(H,50,53,58)/t34-,35+,37?/m1/s1. The van der Waals surface area contributed by atoms with Crippen LogP contribution in [0.3, 0.4) is 0 Å². The van der Waals surface area contributed by atoms with Crippen LogP contribution in [0.4, 0.5) is 5.69 Å². The first-order chi connectivity index (χ1) is 30.0. The molecule has 1 aliphatic rings. The monoisotopic (exact) mass is 899 g/mol. The molecule has 1 aromatic heterocycles. The molecule has 3 atom stereocenters. The fourth-order valence-corrected chi connectivity index (χ4v) is 6.98. The summed E-state index contributed by atoms with van der Waals surface area (Å²) in [6.07, 6.45) is 6.53. The molecule has 16 nitrogen and oxygen atoms in total. The normalized spacial score (nSPS) is 14.8. The Morgan fingerprint density at radius 1 is 0.815 bits per heavy atom. The molecule has 1 heterocycles. The van der Waals surface area contributed by atoms with Gasteiger partial charge in [-0.1, -0.05) is 5.92 Å². The minimum absolute atomic E-state index is 0.0853. The second-order valence-corrected chi connectivity index (χ2v) is 20.2. The third-order valence-electron chi connectivity index (χ3n) is 9.85. The molecule has 2 aromatic carbocycles. The van der Waals surface area contributed by atoms with Crippen LogP contribution in [0, 0.1) is 17.8 Å². The second-order valence-electron chi connectivity index (χ2n) is 20.2. The fourth-order valence-electron chi connectivity index (χ4n) is 6.98. The van der Waals surface area contributed by atoms with Gasteiger partial charge >= 0.3 is 23.9 Å². The fraction of sp³-hybridized carbons (Fsp3) is 0.551. The van der Waals surface area contributed by atoms with Gasteiger partial charge in [0.25, 0.3) is 11.5 Å². The van der Waals surface area contributed by atoms with E-state index in [-0.39, 0.29) is 61.8 Å². The van der Waals surface area contributed by atoms with Crippen molar-refractivity contribution in [2.24, 2.45) is 5.41 Å². The Bertz CT molecular complexity index is 2350. The number of ether oxygens (including phenoxy) is 4. The molecule has 2 amide bonds. The van der Waals surface area contributed by atoms with Crippen molar-refractivity contribution in [2.45, 2.75) is 163 Å². The lowest BCUT2D eigenvalue weighted by Crippen LogP contribution is -2.47. The first kappa shape index (κ1) is 51.4. The van der Waals surface area contributed by atoms with Crippen LogP contribution < -0.4 is 21.1 Å². The Labute approximate surface area is 381 Å².